The Morgan fingerprint density at radius 1 is 1.22 bits per heavy atom. The first-order valence-corrected chi connectivity index (χ1v) is 10.0. The van der Waals surface area contributed by atoms with Gasteiger partial charge in [0.05, 0.1) is 11.5 Å². The van der Waals surface area contributed by atoms with Crippen LogP contribution in [0.4, 0.5) is 4.39 Å². The molecule has 0 unspecified atom stereocenters. The maximum absolute atomic E-state index is 13.8. The van der Waals surface area contributed by atoms with Crippen LogP contribution >= 0.6 is 12.4 Å². The number of benzene rings is 1. The van der Waals surface area contributed by atoms with Gasteiger partial charge in [0.2, 0.25) is 5.91 Å². The molecule has 0 radical (unpaired) electrons. The predicted molar refractivity (Wildman–Crippen MR) is 108 cm³/mol. The molecule has 0 spiro atoms. The van der Waals surface area contributed by atoms with Crippen LogP contribution in [0.2, 0.25) is 0 Å². The molecule has 1 heterocycles. The second kappa shape index (κ2) is 10.4. The highest BCUT2D eigenvalue weighted by molar-refractivity contribution is 5.88. The summed E-state index contributed by atoms with van der Waals surface area (Å²) in [5.74, 6) is -0.0736. The zero-order valence-electron chi connectivity index (χ0n) is 16.0. The van der Waals surface area contributed by atoms with Crippen molar-refractivity contribution >= 4 is 18.3 Å². The number of amides is 1. The van der Waals surface area contributed by atoms with E-state index in [0.717, 1.165) is 70.0 Å². The van der Waals surface area contributed by atoms with Gasteiger partial charge < -0.3 is 15.4 Å². The van der Waals surface area contributed by atoms with E-state index >= 15 is 0 Å². The molecule has 2 fully saturated rings. The van der Waals surface area contributed by atoms with Gasteiger partial charge in [-0.3, -0.25) is 4.79 Å². The summed E-state index contributed by atoms with van der Waals surface area (Å²) in [6.07, 6.45) is 7.70. The fraction of sp³-hybridized carbons (Fsp3) is 0.667. The second-order valence-corrected chi connectivity index (χ2v) is 7.66. The van der Waals surface area contributed by atoms with E-state index in [1.54, 1.807) is 12.1 Å². The van der Waals surface area contributed by atoms with Crippen molar-refractivity contribution in [1.82, 2.24) is 4.90 Å². The number of nitrogens with zero attached hydrogens (tertiary/aromatic N) is 1. The van der Waals surface area contributed by atoms with Crippen molar-refractivity contribution in [2.24, 2.45) is 5.73 Å². The maximum Gasteiger partial charge on any atom is 0.233 e. The van der Waals surface area contributed by atoms with Crippen LogP contribution in [0.1, 0.15) is 56.9 Å². The second-order valence-electron chi connectivity index (χ2n) is 7.66. The highest BCUT2D eigenvalue weighted by Crippen LogP contribution is 2.41. The third-order valence-corrected chi connectivity index (χ3v) is 5.92. The number of ether oxygens (including phenoxy) is 1. The molecule has 1 aromatic rings. The third kappa shape index (κ3) is 5.21. The first-order valence-electron chi connectivity index (χ1n) is 10.0. The van der Waals surface area contributed by atoms with Crippen molar-refractivity contribution in [1.29, 1.82) is 0 Å². The lowest BCUT2D eigenvalue weighted by Gasteiger charge is -2.42. The number of carbonyl (C=O) groups excluding carboxylic acids is 1. The van der Waals surface area contributed by atoms with Gasteiger partial charge in [0.1, 0.15) is 5.82 Å². The Morgan fingerprint density at radius 3 is 2.56 bits per heavy atom. The minimum Gasteiger partial charge on any atom is -0.378 e. The van der Waals surface area contributed by atoms with Crippen LogP contribution in [-0.2, 0) is 14.9 Å². The monoisotopic (exact) mass is 398 g/mol. The average molecular weight is 399 g/mol. The van der Waals surface area contributed by atoms with Crippen molar-refractivity contribution in [3.63, 3.8) is 0 Å². The van der Waals surface area contributed by atoms with E-state index in [1.165, 1.54) is 6.07 Å². The number of likely N-dealkylation sites (tertiary alicyclic amines) is 1. The normalized spacial score (nSPS) is 20.1. The van der Waals surface area contributed by atoms with Crippen LogP contribution in [0.15, 0.2) is 24.3 Å². The van der Waals surface area contributed by atoms with Crippen LogP contribution in [0.3, 0.4) is 0 Å². The number of hydrogen-bond donors (Lipinski definition) is 1. The summed E-state index contributed by atoms with van der Waals surface area (Å²) in [7, 11) is 0. The molecule has 1 saturated carbocycles. The SMILES string of the molecule is Cl.NCCCOC1CCN(C(=O)C2(c3cccc(F)c3)CCCCC2)CC1. The summed E-state index contributed by atoms with van der Waals surface area (Å²) in [5, 5.41) is 0. The van der Waals surface area contributed by atoms with E-state index in [-0.39, 0.29) is 30.2 Å². The van der Waals surface area contributed by atoms with Gasteiger partial charge in [0.15, 0.2) is 0 Å². The van der Waals surface area contributed by atoms with Crippen LogP contribution in [0.25, 0.3) is 0 Å². The molecule has 6 heteroatoms. The highest BCUT2D eigenvalue weighted by atomic mass is 35.5. The lowest BCUT2D eigenvalue weighted by atomic mass is 9.68. The summed E-state index contributed by atoms with van der Waals surface area (Å²) >= 11 is 0. The standard InChI is InChI=1S/C21H31FN2O2.ClH/c22-18-7-4-6-17(16-18)21(10-2-1-3-11-21)20(25)24-13-8-19(9-14-24)26-15-5-12-23;/h4,6-7,16,19H,1-3,5,8-15,23H2;1H. The molecule has 2 aliphatic rings. The zero-order chi connectivity index (χ0) is 18.4. The van der Waals surface area contributed by atoms with Crippen molar-refractivity contribution in [2.45, 2.75) is 62.9 Å². The Balaban J connectivity index is 0.00000261. The Morgan fingerprint density at radius 2 is 1.93 bits per heavy atom. The van der Waals surface area contributed by atoms with Crippen molar-refractivity contribution in [3.05, 3.63) is 35.6 Å². The number of rotatable bonds is 6. The van der Waals surface area contributed by atoms with Gasteiger partial charge >= 0.3 is 0 Å². The molecular formula is C21H32ClFN2O2. The molecular weight excluding hydrogens is 367 g/mol. The van der Waals surface area contributed by atoms with Crippen molar-refractivity contribution in [2.75, 3.05) is 26.2 Å². The molecule has 1 amide bonds. The molecule has 3 rings (SSSR count). The largest absolute Gasteiger partial charge is 0.378 e. The predicted octanol–water partition coefficient (Wildman–Crippen LogP) is 3.81. The van der Waals surface area contributed by atoms with E-state index in [4.69, 9.17) is 10.5 Å². The maximum atomic E-state index is 13.8. The average Bonchev–Trinajstić information content (AvgIpc) is 2.69. The van der Waals surface area contributed by atoms with Gasteiger partial charge in [-0.25, -0.2) is 4.39 Å². The van der Waals surface area contributed by atoms with Gasteiger partial charge in [-0.15, -0.1) is 12.4 Å². The fourth-order valence-electron chi connectivity index (χ4n) is 4.43. The van der Waals surface area contributed by atoms with Crippen LogP contribution in [0.5, 0.6) is 0 Å². The Kier molecular flexibility index (Phi) is 8.52. The summed E-state index contributed by atoms with van der Waals surface area (Å²) in [6.45, 7) is 2.79. The number of hydrogen-bond acceptors (Lipinski definition) is 3. The van der Waals surface area contributed by atoms with Gasteiger partial charge in [-0.2, -0.15) is 0 Å². The lowest BCUT2D eigenvalue weighted by molar-refractivity contribution is -0.141. The molecule has 4 nitrogen and oxygen atoms in total. The summed E-state index contributed by atoms with van der Waals surface area (Å²) < 4.78 is 19.7. The van der Waals surface area contributed by atoms with Crippen molar-refractivity contribution < 1.29 is 13.9 Å². The summed E-state index contributed by atoms with van der Waals surface area (Å²) in [6, 6.07) is 6.67. The first-order chi connectivity index (χ1) is 12.7. The van der Waals surface area contributed by atoms with Gasteiger partial charge in [0, 0.05) is 19.7 Å². The molecule has 152 valence electrons. The minimum absolute atomic E-state index is 0. The van der Waals surface area contributed by atoms with Crippen LogP contribution in [0, 0.1) is 5.82 Å². The van der Waals surface area contributed by atoms with Crippen molar-refractivity contribution in [3.8, 4) is 0 Å². The Labute approximate surface area is 168 Å². The van der Waals surface area contributed by atoms with Gasteiger partial charge in [-0.05, 0) is 56.3 Å². The van der Waals surface area contributed by atoms with Gasteiger partial charge in [-0.1, -0.05) is 31.4 Å². The van der Waals surface area contributed by atoms with Gasteiger partial charge in [0.25, 0.3) is 0 Å². The molecule has 0 atom stereocenters. The molecule has 27 heavy (non-hydrogen) atoms. The zero-order valence-corrected chi connectivity index (χ0v) is 16.8. The molecule has 2 N–H and O–H groups in total. The van der Waals surface area contributed by atoms with E-state index in [1.807, 2.05) is 11.0 Å². The topological polar surface area (TPSA) is 55.6 Å². The van der Waals surface area contributed by atoms with E-state index in [0.29, 0.717) is 13.2 Å². The molecule has 1 aromatic carbocycles. The Hall–Kier alpha value is -1.17. The smallest absolute Gasteiger partial charge is 0.233 e. The summed E-state index contributed by atoms with van der Waals surface area (Å²) in [5.41, 5.74) is 5.81. The van der Waals surface area contributed by atoms with Crippen LogP contribution in [-0.4, -0.2) is 43.2 Å². The first kappa shape index (κ1) is 22.1. The summed E-state index contributed by atoms with van der Waals surface area (Å²) in [4.78, 5) is 15.5. The third-order valence-electron chi connectivity index (χ3n) is 5.92. The molecule has 0 bridgehead atoms. The number of piperidine rings is 1. The molecule has 1 saturated heterocycles. The minimum atomic E-state index is -0.548. The number of carbonyl (C=O) groups is 1. The Bertz CT molecular complexity index is 600. The quantitative estimate of drug-likeness (QED) is 0.741. The highest BCUT2D eigenvalue weighted by Gasteiger charge is 2.44. The molecule has 1 aliphatic heterocycles. The van der Waals surface area contributed by atoms with E-state index in [2.05, 4.69) is 0 Å². The molecule has 1 aliphatic carbocycles. The number of halogens is 2. The van der Waals surface area contributed by atoms with E-state index in [9.17, 15) is 9.18 Å². The van der Waals surface area contributed by atoms with Crippen LogP contribution < -0.4 is 5.73 Å². The fourth-order valence-corrected chi connectivity index (χ4v) is 4.43. The lowest BCUT2D eigenvalue weighted by Crippen LogP contribution is -2.51. The van der Waals surface area contributed by atoms with E-state index < -0.39 is 5.41 Å². The number of nitrogens with two attached hydrogens (primary N) is 1. The molecule has 0 aromatic heterocycles.